The molecule has 0 bridgehead atoms. The average molecular weight is 315 g/mol. The minimum atomic E-state index is -4.75. The van der Waals surface area contributed by atoms with E-state index in [1.807, 2.05) is 0 Å². The first-order valence-corrected chi connectivity index (χ1v) is 5.78. The Morgan fingerprint density at radius 1 is 1.41 bits per heavy atom. The van der Waals surface area contributed by atoms with Crippen LogP contribution in [0.2, 0.25) is 0 Å². The number of aryl methyl sites for hydroxylation is 1. The van der Waals surface area contributed by atoms with Gasteiger partial charge in [-0.05, 0) is 19.1 Å². The third-order valence-corrected chi connectivity index (χ3v) is 2.83. The number of alkyl halides is 3. The van der Waals surface area contributed by atoms with Gasteiger partial charge in [0.1, 0.15) is 0 Å². The summed E-state index contributed by atoms with van der Waals surface area (Å²) < 4.78 is 38.7. The lowest BCUT2D eigenvalue weighted by Gasteiger charge is -2.09. The van der Waals surface area contributed by atoms with Crippen molar-refractivity contribution in [2.24, 2.45) is 0 Å². The predicted octanol–water partition coefficient (Wildman–Crippen LogP) is 2.81. The SMILES string of the molecule is Cc1cc(C(F)(F)F)nn1-c1c(C(=O)O)cccc1[N+](=O)[O-]. The second-order valence-electron chi connectivity index (χ2n) is 4.32. The number of aromatic carboxylic acids is 1. The van der Waals surface area contributed by atoms with Crippen molar-refractivity contribution in [1.29, 1.82) is 0 Å². The molecule has 0 fully saturated rings. The van der Waals surface area contributed by atoms with Crippen LogP contribution in [0.25, 0.3) is 5.69 Å². The molecule has 2 rings (SSSR count). The van der Waals surface area contributed by atoms with E-state index in [-0.39, 0.29) is 5.69 Å². The zero-order chi connectivity index (χ0) is 16.7. The van der Waals surface area contributed by atoms with Gasteiger partial charge >= 0.3 is 12.1 Å². The monoisotopic (exact) mass is 315 g/mol. The molecule has 1 heterocycles. The molecule has 7 nitrogen and oxygen atoms in total. The van der Waals surface area contributed by atoms with Crippen molar-refractivity contribution >= 4 is 11.7 Å². The van der Waals surface area contributed by atoms with E-state index < -0.39 is 39.7 Å². The standard InChI is InChI=1S/C12H8F3N3O4/c1-6-5-9(12(13,14)15)16-17(6)10-7(11(19)20)3-2-4-8(10)18(21)22/h2-5H,1H3,(H,19,20). The highest BCUT2D eigenvalue weighted by Crippen LogP contribution is 2.32. The van der Waals surface area contributed by atoms with Gasteiger partial charge in [0.05, 0.1) is 10.5 Å². The number of aromatic nitrogens is 2. The smallest absolute Gasteiger partial charge is 0.435 e. The molecule has 22 heavy (non-hydrogen) atoms. The van der Waals surface area contributed by atoms with Crippen molar-refractivity contribution in [1.82, 2.24) is 9.78 Å². The molecule has 0 radical (unpaired) electrons. The van der Waals surface area contributed by atoms with Crippen molar-refractivity contribution in [3.05, 3.63) is 51.3 Å². The zero-order valence-corrected chi connectivity index (χ0v) is 11.0. The summed E-state index contributed by atoms with van der Waals surface area (Å²) in [5.41, 5.74) is -3.04. The quantitative estimate of drug-likeness (QED) is 0.693. The van der Waals surface area contributed by atoms with Gasteiger partial charge in [0, 0.05) is 11.8 Å². The largest absolute Gasteiger partial charge is 0.478 e. The number of nitrogens with zero attached hydrogens (tertiary/aromatic N) is 3. The summed E-state index contributed by atoms with van der Waals surface area (Å²) in [6.45, 7) is 1.24. The van der Waals surface area contributed by atoms with Crippen LogP contribution in [0.3, 0.4) is 0 Å². The van der Waals surface area contributed by atoms with Gasteiger partial charge in [0.25, 0.3) is 5.69 Å². The summed E-state index contributed by atoms with van der Waals surface area (Å²) in [5, 5.41) is 23.4. The number of nitro benzene ring substituents is 1. The van der Waals surface area contributed by atoms with E-state index in [2.05, 4.69) is 5.10 Å². The molecular formula is C12H8F3N3O4. The van der Waals surface area contributed by atoms with E-state index >= 15 is 0 Å². The molecule has 2 aromatic rings. The van der Waals surface area contributed by atoms with Crippen LogP contribution in [-0.4, -0.2) is 25.8 Å². The number of hydrogen-bond acceptors (Lipinski definition) is 4. The van der Waals surface area contributed by atoms with Gasteiger partial charge in [0.2, 0.25) is 0 Å². The van der Waals surface area contributed by atoms with Gasteiger partial charge in [-0.1, -0.05) is 6.07 Å². The molecule has 0 aliphatic carbocycles. The van der Waals surface area contributed by atoms with Crippen LogP contribution >= 0.6 is 0 Å². The molecule has 116 valence electrons. The Morgan fingerprint density at radius 3 is 2.50 bits per heavy atom. The molecule has 0 saturated heterocycles. The molecular weight excluding hydrogens is 307 g/mol. The van der Waals surface area contributed by atoms with Crippen LogP contribution in [0.15, 0.2) is 24.3 Å². The van der Waals surface area contributed by atoms with Crippen molar-refractivity contribution in [3.8, 4) is 5.69 Å². The summed E-state index contributed by atoms with van der Waals surface area (Å²) in [6, 6.07) is 3.87. The number of halogens is 3. The van der Waals surface area contributed by atoms with E-state index in [0.717, 1.165) is 18.2 Å². The molecule has 0 amide bonds. The number of nitro groups is 1. The van der Waals surface area contributed by atoms with Gasteiger partial charge in [-0.3, -0.25) is 10.1 Å². The predicted molar refractivity (Wildman–Crippen MR) is 66.9 cm³/mol. The highest BCUT2D eigenvalue weighted by atomic mass is 19.4. The summed E-state index contributed by atoms with van der Waals surface area (Å²) in [4.78, 5) is 21.4. The maximum absolute atomic E-state index is 12.7. The van der Waals surface area contributed by atoms with Gasteiger partial charge in [-0.25, -0.2) is 9.48 Å². The molecule has 0 aliphatic heterocycles. The van der Waals surface area contributed by atoms with E-state index in [1.165, 1.54) is 6.92 Å². The zero-order valence-electron chi connectivity index (χ0n) is 11.0. The Balaban J connectivity index is 2.79. The van der Waals surface area contributed by atoms with Gasteiger partial charge in [-0.2, -0.15) is 18.3 Å². The second-order valence-corrected chi connectivity index (χ2v) is 4.32. The van der Waals surface area contributed by atoms with E-state index in [0.29, 0.717) is 10.7 Å². The van der Waals surface area contributed by atoms with Gasteiger partial charge in [-0.15, -0.1) is 0 Å². The average Bonchev–Trinajstić information content (AvgIpc) is 2.79. The number of carboxylic acid groups (broad SMARTS) is 1. The number of carbonyl (C=O) groups is 1. The molecule has 0 saturated carbocycles. The first-order chi connectivity index (χ1) is 10.1. The summed E-state index contributed by atoms with van der Waals surface area (Å²) in [7, 11) is 0. The maximum atomic E-state index is 12.7. The minimum absolute atomic E-state index is 0.0795. The molecule has 0 atom stereocenters. The van der Waals surface area contributed by atoms with Crippen molar-refractivity contribution < 1.29 is 28.0 Å². The fraction of sp³-hybridized carbons (Fsp3) is 0.167. The van der Waals surface area contributed by atoms with E-state index in [9.17, 15) is 28.1 Å². The summed E-state index contributed by atoms with van der Waals surface area (Å²) in [5.74, 6) is -1.51. The van der Waals surface area contributed by atoms with Crippen LogP contribution in [-0.2, 0) is 6.18 Å². The van der Waals surface area contributed by atoms with Crippen molar-refractivity contribution in [2.45, 2.75) is 13.1 Å². The lowest BCUT2D eigenvalue weighted by molar-refractivity contribution is -0.384. The molecule has 0 aliphatic rings. The Bertz CT molecular complexity index is 735. The number of rotatable bonds is 3. The Labute approximate surface area is 120 Å². The van der Waals surface area contributed by atoms with Crippen LogP contribution < -0.4 is 0 Å². The van der Waals surface area contributed by atoms with Crippen LogP contribution in [0.4, 0.5) is 18.9 Å². The van der Waals surface area contributed by atoms with Crippen molar-refractivity contribution in [3.63, 3.8) is 0 Å². The van der Waals surface area contributed by atoms with E-state index in [1.54, 1.807) is 0 Å². The lowest BCUT2D eigenvalue weighted by Crippen LogP contribution is -2.12. The fourth-order valence-electron chi connectivity index (χ4n) is 1.91. The molecule has 1 aromatic carbocycles. The Kier molecular flexibility index (Phi) is 3.61. The number of hydrogen-bond donors (Lipinski definition) is 1. The van der Waals surface area contributed by atoms with Gasteiger partial charge < -0.3 is 5.11 Å². The summed E-state index contributed by atoms with van der Waals surface area (Å²) >= 11 is 0. The van der Waals surface area contributed by atoms with E-state index in [4.69, 9.17) is 5.11 Å². The maximum Gasteiger partial charge on any atom is 0.435 e. The highest BCUT2D eigenvalue weighted by molar-refractivity contribution is 5.94. The van der Waals surface area contributed by atoms with Crippen LogP contribution in [0, 0.1) is 17.0 Å². The molecule has 0 spiro atoms. The van der Waals surface area contributed by atoms with Crippen LogP contribution in [0.5, 0.6) is 0 Å². The number of para-hydroxylation sites is 1. The normalized spacial score (nSPS) is 11.5. The third-order valence-electron chi connectivity index (χ3n) is 2.83. The topological polar surface area (TPSA) is 98.3 Å². The molecule has 1 aromatic heterocycles. The van der Waals surface area contributed by atoms with Crippen LogP contribution in [0.1, 0.15) is 21.7 Å². The number of carboxylic acids is 1. The molecule has 1 N–H and O–H groups in total. The first kappa shape index (κ1) is 15.5. The van der Waals surface area contributed by atoms with Gasteiger partial charge in [0.15, 0.2) is 11.4 Å². The minimum Gasteiger partial charge on any atom is -0.478 e. The van der Waals surface area contributed by atoms with Crippen molar-refractivity contribution in [2.75, 3.05) is 0 Å². The Hall–Kier alpha value is -2.91. The highest BCUT2D eigenvalue weighted by Gasteiger charge is 2.36. The molecule has 0 unspecified atom stereocenters. The third kappa shape index (κ3) is 2.62. The lowest BCUT2D eigenvalue weighted by atomic mass is 10.1. The first-order valence-electron chi connectivity index (χ1n) is 5.78. The summed E-state index contributed by atoms with van der Waals surface area (Å²) in [6.07, 6.45) is -4.75. The fourth-order valence-corrected chi connectivity index (χ4v) is 1.91. The molecule has 10 heteroatoms. The number of benzene rings is 1. The Morgan fingerprint density at radius 2 is 2.05 bits per heavy atom. The second kappa shape index (κ2) is 5.13.